The lowest BCUT2D eigenvalue weighted by molar-refractivity contribution is 0.0927. The molecule has 3 aromatic heterocycles. The second kappa shape index (κ2) is 11.0. The maximum Gasteiger partial charge on any atom is 0.319 e. The van der Waals surface area contributed by atoms with Crippen molar-refractivity contribution in [2.45, 2.75) is 44.6 Å². The number of nitrogens with one attached hydrogen (secondary N) is 2. The van der Waals surface area contributed by atoms with Gasteiger partial charge in [0.1, 0.15) is 23.9 Å². The summed E-state index contributed by atoms with van der Waals surface area (Å²) in [5.41, 5.74) is 1.46. The van der Waals surface area contributed by atoms with Crippen LogP contribution in [0.15, 0.2) is 18.3 Å². The molecule has 1 saturated carbocycles. The highest BCUT2D eigenvalue weighted by molar-refractivity contribution is 5.93. The Morgan fingerprint density at radius 1 is 1.33 bits per heavy atom. The predicted molar refractivity (Wildman–Crippen MR) is 145 cm³/mol. The Labute approximate surface area is 227 Å². The molecule has 1 aliphatic carbocycles. The highest BCUT2D eigenvalue weighted by Gasteiger charge is 2.44. The van der Waals surface area contributed by atoms with E-state index < -0.39 is 5.41 Å². The molecular formula is C27H35N9O3. The van der Waals surface area contributed by atoms with Crippen LogP contribution in [0.5, 0.6) is 11.8 Å². The molecule has 1 atom stereocenters. The molecule has 1 saturated heterocycles. The Morgan fingerprint density at radius 2 is 2.10 bits per heavy atom. The zero-order valence-corrected chi connectivity index (χ0v) is 22.9. The number of nitrogens with zero attached hydrogens (tertiary/aromatic N) is 7. The number of hydrogen-bond donors (Lipinski definition) is 2. The molecule has 0 bridgehead atoms. The van der Waals surface area contributed by atoms with Crippen molar-refractivity contribution >= 4 is 22.8 Å². The van der Waals surface area contributed by atoms with Gasteiger partial charge in [0.15, 0.2) is 5.65 Å². The third-order valence-corrected chi connectivity index (χ3v) is 7.40. The Kier molecular flexibility index (Phi) is 7.52. The van der Waals surface area contributed by atoms with E-state index in [4.69, 9.17) is 9.47 Å². The highest BCUT2D eigenvalue weighted by Crippen LogP contribution is 2.45. The van der Waals surface area contributed by atoms with Crippen LogP contribution in [0.4, 0.5) is 5.82 Å². The Hall–Kier alpha value is -3.98. The molecule has 0 unspecified atom stereocenters. The molecule has 3 aromatic rings. The van der Waals surface area contributed by atoms with E-state index in [0.717, 1.165) is 55.6 Å². The van der Waals surface area contributed by atoms with Crippen molar-refractivity contribution < 1.29 is 14.3 Å². The smallest absolute Gasteiger partial charge is 0.319 e. The van der Waals surface area contributed by atoms with Gasteiger partial charge in [0.25, 0.3) is 5.91 Å². The van der Waals surface area contributed by atoms with Gasteiger partial charge in [-0.05, 0) is 52.8 Å². The summed E-state index contributed by atoms with van der Waals surface area (Å²) in [6.07, 6.45) is 5.01. The third kappa shape index (κ3) is 5.88. The maximum absolute atomic E-state index is 13.1. The second-order valence-electron chi connectivity index (χ2n) is 10.8. The predicted octanol–water partition coefficient (Wildman–Crippen LogP) is 2.50. The van der Waals surface area contributed by atoms with Gasteiger partial charge in [-0.2, -0.15) is 20.3 Å². The molecule has 1 aliphatic heterocycles. The number of pyridine rings is 1. The number of anilines is 1. The fourth-order valence-electron chi connectivity index (χ4n) is 5.09. The van der Waals surface area contributed by atoms with Gasteiger partial charge in [-0.15, -0.1) is 0 Å². The van der Waals surface area contributed by atoms with Crippen LogP contribution in [-0.2, 0) is 0 Å². The van der Waals surface area contributed by atoms with Crippen LogP contribution in [0.3, 0.4) is 0 Å². The summed E-state index contributed by atoms with van der Waals surface area (Å²) < 4.78 is 11.4. The molecular weight excluding hydrogens is 498 g/mol. The first kappa shape index (κ1) is 26.6. The number of fused-ring (bicyclic) bond motifs is 1. The van der Waals surface area contributed by atoms with E-state index in [1.54, 1.807) is 19.4 Å². The molecule has 2 fully saturated rings. The Balaban J connectivity index is 1.34. The monoisotopic (exact) mass is 533 g/mol. The standard InChI is InChI=1S/C27H35N9O3/c1-17(14-35(2)3)30-25(37)19-13-21(32-26(31-19)39-16-27(15-28)8-9-27)36-11-6-18(7-12-36)23-22-20(38-4)5-10-29-24(22)34-33-23/h5,10,13,17-18H,6-9,11-12,14,16H2,1-4H3,(H,30,37)(H,29,33,34)/t17-/m1/s1. The summed E-state index contributed by atoms with van der Waals surface area (Å²) in [5, 5.41) is 20.9. The first-order valence-corrected chi connectivity index (χ1v) is 13.3. The van der Waals surface area contributed by atoms with E-state index in [0.29, 0.717) is 18.0 Å². The van der Waals surface area contributed by atoms with Crippen LogP contribution < -0.4 is 19.7 Å². The van der Waals surface area contributed by atoms with Gasteiger partial charge in [0.05, 0.1) is 29.7 Å². The molecule has 39 heavy (non-hydrogen) atoms. The van der Waals surface area contributed by atoms with Crippen LogP contribution >= 0.6 is 0 Å². The lowest BCUT2D eigenvalue weighted by atomic mass is 9.92. The minimum atomic E-state index is -0.469. The minimum Gasteiger partial charge on any atom is -0.496 e. The van der Waals surface area contributed by atoms with E-state index >= 15 is 0 Å². The summed E-state index contributed by atoms with van der Waals surface area (Å²) >= 11 is 0. The summed E-state index contributed by atoms with van der Waals surface area (Å²) in [5.74, 6) is 1.37. The first-order chi connectivity index (χ1) is 18.8. The van der Waals surface area contributed by atoms with Crippen LogP contribution in [0, 0.1) is 16.7 Å². The molecule has 1 amide bonds. The number of ether oxygens (including phenoxy) is 2. The van der Waals surface area contributed by atoms with Crippen molar-refractivity contribution in [2.24, 2.45) is 5.41 Å². The second-order valence-corrected chi connectivity index (χ2v) is 10.8. The van der Waals surface area contributed by atoms with Crippen molar-refractivity contribution in [2.75, 3.05) is 52.3 Å². The summed E-state index contributed by atoms with van der Waals surface area (Å²) in [7, 11) is 5.57. The number of piperidine rings is 1. The molecule has 2 aliphatic rings. The van der Waals surface area contributed by atoms with Crippen molar-refractivity contribution in [3.05, 3.63) is 29.7 Å². The van der Waals surface area contributed by atoms with Crippen LogP contribution in [0.25, 0.3) is 11.0 Å². The van der Waals surface area contributed by atoms with Crippen molar-refractivity contribution in [3.8, 4) is 17.8 Å². The van der Waals surface area contributed by atoms with Gasteiger partial charge in [-0.3, -0.25) is 9.89 Å². The summed E-state index contributed by atoms with van der Waals surface area (Å²) in [4.78, 5) is 30.7. The van der Waals surface area contributed by atoms with Gasteiger partial charge in [0.2, 0.25) is 0 Å². The molecule has 0 aromatic carbocycles. The van der Waals surface area contributed by atoms with E-state index in [1.807, 2.05) is 32.0 Å². The molecule has 0 spiro atoms. The van der Waals surface area contributed by atoms with Gasteiger partial charge in [0, 0.05) is 43.9 Å². The van der Waals surface area contributed by atoms with E-state index in [1.165, 1.54) is 0 Å². The summed E-state index contributed by atoms with van der Waals surface area (Å²) in [6, 6.07) is 5.96. The average Bonchev–Trinajstić information content (AvgIpc) is 3.60. The van der Waals surface area contributed by atoms with Crippen LogP contribution in [0.2, 0.25) is 0 Å². The minimum absolute atomic E-state index is 0.0601. The van der Waals surface area contributed by atoms with E-state index in [2.05, 4.69) is 41.4 Å². The highest BCUT2D eigenvalue weighted by atomic mass is 16.5. The number of H-pyrrole nitrogens is 1. The SMILES string of the molecule is COc1ccnc2n[nH]c(C3CCN(c4cc(C(=O)N[C@H](C)CN(C)C)nc(OCC5(C#N)CC5)n4)CC3)c12. The Morgan fingerprint density at radius 3 is 2.77 bits per heavy atom. The number of rotatable bonds is 10. The molecule has 0 radical (unpaired) electrons. The number of amides is 1. The topological polar surface area (TPSA) is 145 Å². The largest absolute Gasteiger partial charge is 0.496 e. The number of nitriles is 1. The van der Waals surface area contributed by atoms with Crippen LogP contribution in [0.1, 0.15) is 54.7 Å². The molecule has 206 valence electrons. The first-order valence-electron chi connectivity index (χ1n) is 13.3. The number of likely N-dealkylation sites (N-methyl/N-ethyl adjacent to an activating group) is 1. The fraction of sp³-hybridized carbons (Fsp3) is 0.556. The zero-order valence-electron chi connectivity index (χ0n) is 22.9. The van der Waals surface area contributed by atoms with Crippen molar-refractivity contribution in [1.82, 2.24) is 35.4 Å². The number of methoxy groups -OCH3 is 1. The van der Waals surface area contributed by atoms with Gasteiger partial charge in [-0.1, -0.05) is 0 Å². The molecule has 12 heteroatoms. The Bertz CT molecular complexity index is 1370. The number of aromatic nitrogens is 5. The zero-order chi connectivity index (χ0) is 27.6. The number of hydrogen-bond acceptors (Lipinski definition) is 10. The molecule has 4 heterocycles. The van der Waals surface area contributed by atoms with E-state index in [9.17, 15) is 10.1 Å². The average molecular weight is 534 g/mol. The number of carbonyl (C=O) groups excluding carboxylic acids is 1. The third-order valence-electron chi connectivity index (χ3n) is 7.40. The fourth-order valence-corrected chi connectivity index (χ4v) is 5.09. The quantitative estimate of drug-likeness (QED) is 0.399. The molecule has 5 rings (SSSR count). The normalized spacial score (nSPS) is 17.6. The summed E-state index contributed by atoms with van der Waals surface area (Å²) in [6.45, 7) is 4.33. The molecule has 2 N–H and O–H groups in total. The van der Waals surface area contributed by atoms with Gasteiger partial charge < -0.3 is 24.6 Å². The van der Waals surface area contributed by atoms with Gasteiger partial charge >= 0.3 is 6.01 Å². The van der Waals surface area contributed by atoms with E-state index in [-0.39, 0.29) is 36.2 Å². The number of aromatic amines is 1. The lowest BCUT2D eigenvalue weighted by Crippen LogP contribution is -2.40. The van der Waals surface area contributed by atoms with Crippen molar-refractivity contribution in [1.29, 1.82) is 5.26 Å². The van der Waals surface area contributed by atoms with Crippen LogP contribution in [-0.4, -0.2) is 89.4 Å². The van der Waals surface area contributed by atoms with Gasteiger partial charge in [-0.25, -0.2) is 4.98 Å². The molecule has 12 nitrogen and oxygen atoms in total. The lowest BCUT2D eigenvalue weighted by Gasteiger charge is -2.32. The van der Waals surface area contributed by atoms with Crippen molar-refractivity contribution in [3.63, 3.8) is 0 Å². The maximum atomic E-state index is 13.1. The number of carbonyl (C=O) groups is 1.